The Bertz CT molecular complexity index is 160. The van der Waals surface area contributed by atoms with Crippen molar-refractivity contribution in [3.8, 4) is 0 Å². The molecule has 1 saturated heterocycles. The van der Waals surface area contributed by atoms with Crippen LogP contribution in [-0.4, -0.2) is 37.7 Å². The first kappa shape index (κ1) is 8.52. The highest BCUT2D eigenvalue weighted by Crippen LogP contribution is 2.38. The van der Waals surface area contributed by atoms with Gasteiger partial charge in [-0.05, 0) is 24.7 Å². The van der Waals surface area contributed by atoms with Gasteiger partial charge in [0.2, 0.25) is 0 Å². The number of rotatable bonds is 3. The molecule has 2 heteroatoms. The summed E-state index contributed by atoms with van der Waals surface area (Å²) in [6, 6.07) is 0. The third-order valence-electron chi connectivity index (χ3n) is 3.33. The second kappa shape index (κ2) is 3.35. The van der Waals surface area contributed by atoms with Gasteiger partial charge in [0.1, 0.15) is 0 Å². The maximum Gasteiger partial charge on any atom is 0.0710 e. The van der Waals surface area contributed by atoms with E-state index in [0.717, 1.165) is 11.8 Å². The second-order valence-corrected chi connectivity index (χ2v) is 4.38. The molecule has 2 aliphatic rings. The van der Waals surface area contributed by atoms with Gasteiger partial charge in [-0.1, -0.05) is 6.92 Å². The van der Waals surface area contributed by atoms with Crippen LogP contribution in [-0.2, 0) is 4.74 Å². The number of methoxy groups -OCH3 is 1. The fourth-order valence-electron chi connectivity index (χ4n) is 2.14. The molecule has 1 aliphatic heterocycles. The Kier molecular flexibility index (Phi) is 2.37. The fraction of sp³-hybridized carbons (Fsp3) is 1.00. The van der Waals surface area contributed by atoms with Crippen molar-refractivity contribution in [1.82, 2.24) is 4.90 Å². The first-order chi connectivity index (χ1) is 5.79. The first-order valence-electron chi connectivity index (χ1n) is 5.04. The maximum atomic E-state index is 5.33. The Balaban J connectivity index is 1.69. The molecule has 2 unspecified atom stereocenters. The standard InChI is InChI=1S/C10H19NO/c1-8-5-9(8)6-11-4-3-10(7-11)12-2/h8-10H,3-7H2,1-2H3/t8?,9?,10-/m1/s1. The zero-order valence-corrected chi connectivity index (χ0v) is 8.12. The Labute approximate surface area is 74.9 Å². The molecule has 1 saturated carbocycles. The average molecular weight is 169 g/mol. The Morgan fingerprint density at radius 2 is 2.25 bits per heavy atom. The molecule has 1 aliphatic carbocycles. The van der Waals surface area contributed by atoms with Crippen LogP contribution in [0.3, 0.4) is 0 Å². The van der Waals surface area contributed by atoms with Crippen LogP contribution in [0, 0.1) is 11.8 Å². The van der Waals surface area contributed by atoms with E-state index in [1.807, 2.05) is 7.11 Å². The highest BCUT2D eigenvalue weighted by Gasteiger charge is 2.35. The number of likely N-dealkylation sites (tertiary alicyclic amines) is 1. The minimum absolute atomic E-state index is 0.513. The summed E-state index contributed by atoms with van der Waals surface area (Å²) in [5, 5.41) is 0. The number of ether oxygens (including phenoxy) is 1. The van der Waals surface area contributed by atoms with Crippen LogP contribution in [0.4, 0.5) is 0 Å². The van der Waals surface area contributed by atoms with E-state index in [0.29, 0.717) is 6.10 Å². The van der Waals surface area contributed by atoms with Crippen molar-refractivity contribution in [2.75, 3.05) is 26.7 Å². The summed E-state index contributed by atoms with van der Waals surface area (Å²) in [4.78, 5) is 2.56. The molecule has 2 fully saturated rings. The largest absolute Gasteiger partial charge is 0.380 e. The molecule has 0 spiro atoms. The normalized spacial score (nSPS) is 42.0. The smallest absolute Gasteiger partial charge is 0.0710 e. The van der Waals surface area contributed by atoms with Crippen molar-refractivity contribution in [3.63, 3.8) is 0 Å². The Morgan fingerprint density at radius 1 is 1.50 bits per heavy atom. The van der Waals surface area contributed by atoms with Crippen molar-refractivity contribution < 1.29 is 4.74 Å². The molecular weight excluding hydrogens is 150 g/mol. The molecule has 0 aromatic heterocycles. The highest BCUT2D eigenvalue weighted by atomic mass is 16.5. The third kappa shape index (κ3) is 1.80. The molecule has 0 bridgehead atoms. The van der Waals surface area contributed by atoms with E-state index in [1.165, 1.54) is 32.5 Å². The fourth-order valence-corrected chi connectivity index (χ4v) is 2.14. The van der Waals surface area contributed by atoms with E-state index in [9.17, 15) is 0 Å². The number of hydrogen-bond acceptors (Lipinski definition) is 2. The van der Waals surface area contributed by atoms with Crippen molar-refractivity contribution in [2.24, 2.45) is 11.8 Å². The molecule has 2 rings (SSSR count). The van der Waals surface area contributed by atoms with E-state index >= 15 is 0 Å². The monoisotopic (exact) mass is 169 g/mol. The molecule has 0 radical (unpaired) electrons. The lowest BCUT2D eigenvalue weighted by Crippen LogP contribution is -2.25. The van der Waals surface area contributed by atoms with Crippen LogP contribution in [0.25, 0.3) is 0 Å². The van der Waals surface area contributed by atoms with Gasteiger partial charge < -0.3 is 9.64 Å². The topological polar surface area (TPSA) is 12.5 Å². The number of nitrogens with zero attached hydrogens (tertiary/aromatic N) is 1. The quantitative estimate of drug-likeness (QED) is 0.632. The van der Waals surface area contributed by atoms with Gasteiger partial charge >= 0.3 is 0 Å². The van der Waals surface area contributed by atoms with E-state index < -0.39 is 0 Å². The molecule has 0 amide bonds. The van der Waals surface area contributed by atoms with Crippen LogP contribution >= 0.6 is 0 Å². The van der Waals surface area contributed by atoms with Gasteiger partial charge in [0.05, 0.1) is 6.10 Å². The van der Waals surface area contributed by atoms with Crippen LogP contribution in [0.1, 0.15) is 19.8 Å². The van der Waals surface area contributed by atoms with Gasteiger partial charge in [-0.15, -0.1) is 0 Å². The second-order valence-electron chi connectivity index (χ2n) is 4.38. The summed E-state index contributed by atoms with van der Waals surface area (Å²) in [6.45, 7) is 6.09. The van der Waals surface area contributed by atoms with Gasteiger partial charge in [0, 0.05) is 26.7 Å². The summed E-state index contributed by atoms with van der Waals surface area (Å²) in [7, 11) is 1.83. The Morgan fingerprint density at radius 3 is 2.75 bits per heavy atom. The molecule has 2 nitrogen and oxygen atoms in total. The Hall–Kier alpha value is -0.0800. The SMILES string of the molecule is CO[C@@H]1CCN(CC2CC2C)C1. The van der Waals surface area contributed by atoms with Crippen LogP contribution in [0.5, 0.6) is 0 Å². The van der Waals surface area contributed by atoms with Crippen molar-refractivity contribution in [3.05, 3.63) is 0 Å². The summed E-state index contributed by atoms with van der Waals surface area (Å²) >= 11 is 0. The van der Waals surface area contributed by atoms with Crippen LogP contribution < -0.4 is 0 Å². The predicted octanol–water partition coefficient (Wildman–Crippen LogP) is 1.36. The first-order valence-corrected chi connectivity index (χ1v) is 5.04. The van der Waals surface area contributed by atoms with Gasteiger partial charge in [-0.2, -0.15) is 0 Å². The van der Waals surface area contributed by atoms with Crippen molar-refractivity contribution >= 4 is 0 Å². The molecule has 12 heavy (non-hydrogen) atoms. The zero-order chi connectivity index (χ0) is 8.55. The zero-order valence-electron chi connectivity index (χ0n) is 8.12. The lowest BCUT2D eigenvalue weighted by molar-refractivity contribution is 0.107. The molecule has 0 N–H and O–H groups in total. The molecular formula is C10H19NO. The summed E-state index contributed by atoms with van der Waals surface area (Å²) in [5.41, 5.74) is 0. The van der Waals surface area contributed by atoms with E-state index in [4.69, 9.17) is 4.74 Å². The summed E-state index contributed by atoms with van der Waals surface area (Å²) < 4.78 is 5.33. The van der Waals surface area contributed by atoms with E-state index in [2.05, 4.69) is 11.8 Å². The van der Waals surface area contributed by atoms with Gasteiger partial charge in [-0.25, -0.2) is 0 Å². The van der Waals surface area contributed by atoms with Crippen LogP contribution in [0.15, 0.2) is 0 Å². The molecule has 0 aromatic carbocycles. The molecule has 1 heterocycles. The number of hydrogen-bond donors (Lipinski definition) is 0. The molecule has 0 aromatic rings. The van der Waals surface area contributed by atoms with Crippen LogP contribution in [0.2, 0.25) is 0 Å². The lowest BCUT2D eigenvalue weighted by Gasteiger charge is -2.14. The van der Waals surface area contributed by atoms with E-state index in [1.54, 1.807) is 0 Å². The minimum atomic E-state index is 0.513. The highest BCUT2D eigenvalue weighted by molar-refractivity contribution is 4.87. The average Bonchev–Trinajstić information content (AvgIpc) is 2.61. The van der Waals surface area contributed by atoms with Crippen molar-refractivity contribution in [2.45, 2.75) is 25.9 Å². The van der Waals surface area contributed by atoms with Gasteiger partial charge in [0.15, 0.2) is 0 Å². The van der Waals surface area contributed by atoms with E-state index in [-0.39, 0.29) is 0 Å². The molecule has 70 valence electrons. The van der Waals surface area contributed by atoms with Crippen molar-refractivity contribution in [1.29, 1.82) is 0 Å². The molecule has 3 atom stereocenters. The lowest BCUT2D eigenvalue weighted by atomic mass is 10.3. The maximum absolute atomic E-state index is 5.33. The van der Waals surface area contributed by atoms with Gasteiger partial charge in [-0.3, -0.25) is 0 Å². The van der Waals surface area contributed by atoms with Gasteiger partial charge in [0.25, 0.3) is 0 Å². The summed E-state index contributed by atoms with van der Waals surface area (Å²) in [6.07, 6.45) is 3.20. The predicted molar refractivity (Wildman–Crippen MR) is 49.1 cm³/mol. The summed E-state index contributed by atoms with van der Waals surface area (Å²) in [5.74, 6) is 1.99. The third-order valence-corrected chi connectivity index (χ3v) is 3.33. The minimum Gasteiger partial charge on any atom is -0.380 e.